The number of aliphatic hydroxyl groups is 1. The molecule has 3 fully saturated rings. The Kier molecular flexibility index (Phi) is 23.8. The monoisotopic (exact) mass is 1180 g/mol. The highest BCUT2D eigenvalue weighted by molar-refractivity contribution is 5.68. The molecule has 86 heavy (non-hydrogen) atoms. The van der Waals surface area contributed by atoms with Crippen molar-refractivity contribution >= 4 is 17.9 Å². The van der Waals surface area contributed by atoms with Crippen molar-refractivity contribution in [3.8, 4) is 5.75 Å². The van der Waals surface area contributed by atoms with Crippen molar-refractivity contribution in [1.82, 2.24) is 0 Å². The van der Waals surface area contributed by atoms with E-state index in [1.165, 1.54) is 13.8 Å². The van der Waals surface area contributed by atoms with E-state index in [1.54, 1.807) is 19.2 Å². The summed E-state index contributed by atoms with van der Waals surface area (Å²) in [5.74, 6) is -1.70. The number of hydrogen-bond donors (Lipinski definition) is 1. The Bertz CT molecular complexity index is 2960. The molecule has 0 spiro atoms. The fourth-order valence-corrected chi connectivity index (χ4v) is 10.6. The molecule has 0 saturated carbocycles. The van der Waals surface area contributed by atoms with Gasteiger partial charge in [0.15, 0.2) is 37.2 Å². The van der Waals surface area contributed by atoms with Crippen LogP contribution in [-0.4, -0.2) is 135 Å². The van der Waals surface area contributed by atoms with Gasteiger partial charge in [-0.3, -0.25) is 14.4 Å². The maximum Gasteiger partial charge on any atom is 0.303 e. The van der Waals surface area contributed by atoms with Gasteiger partial charge in [-0.25, -0.2) is 0 Å². The third-order valence-electron chi connectivity index (χ3n) is 14.7. The number of methoxy groups -OCH3 is 1. The highest BCUT2D eigenvalue weighted by Crippen LogP contribution is 2.39. The predicted molar refractivity (Wildman–Crippen MR) is 309 cm³/mol. The second-order valence-corrected chi connectivity index (χ2v) is 21.1. The van der Waals surface area contributed by atoms with Gasteiger partial charge in [-0.1, -0.05) is 164 Å². The number of carbonyl (C=O) groups excluding carboxylic acids is 3. The number of benzene rings is 6. The lowest BCUT2D eigenvalue weighted by Crippen LogP contribution is -2.68. The zero-order valence-electron chi connectivity index (χ0n) is 48.9. The van der Waals surface area contributed by atoms with E-state index in [2.05, 4.69) is 0 Å². The number of hydrogen-bond acceptors (Lipinski definition) is 19. The minimum Gasteiger partial charge on any atom is -0.497 e. The first-order valence-corrected chi connectivity index (χ1v) is 28.8. The quantitative estimate of drug-likeness (QED) is 0.0360. The van der Waals surface area contributed by atoms with E-state index in [0.717, 1.165) is 40.3 Å². The predicted octanol–water partition coefficient (Wildman–Crippen LogP) is 8.52. The average Bonchev–Trinajstić information content (AvgIpc) is 1.12. The molecule has 6 aromatic carbocycles. The maximum absolute atomic E-state index is 13.3. The molecule has 3 aliphatic heterocycles. The SMILES string of the molecule is COc1ccc(COC[C@H]2O[C@@H](O)[C@H](OCc3ccccc3)[C@@H](O[C@@H]3O[C@@H](C)[C@@H](OCc4ccccc4)[C@@H](OCc4ccccc4)[C@@H]3OCc3ccccc3)[C@@H]2O[C@@H]2O[C@H](COCc3ccccc3)[C@H](OC(C)=O)[C@H](OC(C)=O)[C@H]2OC(C)=O)cc1. The first kappa shape index (κ1) is 63.5. The largest absolute Gasteiger partial charge is 0.497 e. The van der Waals surface area contributed by atoms with Gasteiger partial charge < -0.3 is 76.2 Å². The summed E-state index contributed by atoms with van der Waals surface area (Å²) in [5, 5.41) is 12.4. The lowest BCUT2D eigenvalue weighted by molar-refractivity contribution is -0.391. The zero-order valence-corrected chi connectivity index (χ0v) is 48.9. The van der Waals surface area contributed by atoms with E-state index in [0.29, 0.717) is 5.75 Å². The first-order chi connectivity index (χ1) is 41.9. The molecule has 1 N–H and O–H groups in total. The van der Waals surface area contributed by atoms with E-state index in [4.69, 9.17) is 71.1 Å². The van der Waals surface area contributed by atoms with Crippen LogP contribution in [-0.2, 0) is 120 Å². The molecular formula is C67H76O19. The molecule has 15 atom stereocenters. The van der Waals surface area contributed by atoms with Gasteiger partial charge in [-0.2, -0.15) is 0 Å². The number of rotatable bonds is 28. The van der Waals surface area contributed by atoms with Gasteiger partial charge in [0.2, 0.25) is 0 Å². The highest BCUT2D eigenvalue weighted by Gasteiger charge is 2.58. The Labute approximate surface area is 501 Å². The summed E-state index contributed by atoms with van der Waals surface area (Å²) in [6, 6.07) is 55.1. The summed E-state index contributed by atoms with van der Waals surface area (Å²) in [6.07, 6.45) is -19.4. The molecule has 0 aliphatic carbocycles. The van der Waals surface area contributed by atoms with E-state index < -0.39 is 110 Å². The van der Waals surface area contributed by atoms with Crippen LogP contribution < -0.4 is 4.74 Å². The molecule has 0 bridgehead atoms. The molecule has 3 aliphatic rings. The molecule has 458 valence electrons. The maximum atomic E-state index is 13.3. The minimum absolute atomic E-state index is 0.0410. The molecule has 9 rings (SSSR count). The Morgan fingerprint density at radius 3 is 1.22 bits per heavy atom. The standard InChI is InChI=1S/C67H76O19/c1-43-56(75-37-48-23-13-7-14-24-48)59(76-38-49-25-15-8-16-26-49)63(78-40-51-29-19-10-20-30-51)66(79-43)86-60-58(54(41-74-36-52-31-33-53(72-5)34-32-52)83-65(71)62(60)77-39-50-27-17-9-18-28-50)85-67-64(82-46(4)70)61(81-45(3)69)57(80-44(2)68)55(84-67)42-73-35-47-21-11-6-12-22-47/h6-34,43,54-67,71H,35-42H2,1-5H3/t43-,54+,55+,56+,57-,58+,59+,60-,61-,62+,63-,64+,65+,66-,67-/m0/s1. The van der Waals surface area contributed by atoms with Crippen molar-refractivity contribution in [3.05, 3.63) is 209 Å². The first-order valence-electron chi connectivity index (χ1n) is 28.8. The van der Waals surface area contributed by atoms with Crippen LogP contribution in [0.15, 0.2) is 176 Å². The van der Waals surface area contributed by atoms with Crippen molar-refractivity contribution in [2.45, 2.75) is 159 Å². The third kappa shape index (κ3) is 18.1. The van der Waals surface area contributed by atoms with Crippen molar-refractivity contribution in [3.63, 3.8) is 0 Å². The Morgan fingerprint density at radius 2 is 0.756 bits per heavy atom. The van der Waals surface area contributed by atoms with Crippen LogP contribution >= 0.6 is 0 Å². The van der Waals surface area contributed by atoms with Gasteiger partial charge in [0.05, 0.1) is 66.1 Å². The number of ether oxygens (including phenoxy) is 15. The van der Waals surface area contributed by atoms with E-state index in [1.807, 2.05) is 171 Å². The summed E-state index contributed by atoms with van der Waals surface area (Å²) in [5.41, 5.74) is 5.03. The van der Waals surface area contributed by atoms with Gasteiger partial charge >= 0.3 is 17.9 Å². The lowest BCUT2D eigenvalue weighted by Gasteiger charge is -2.51. The second-order valence-electron chi connectivity index (χ2n) is 21.1. The zero-order chi connectivity index (χ0) is 60.2. The second kappa shape index (κ2) is 32.2. The number of aliphatic hydroxyl groups excluding tert-OH is 1. The van der Waals surface area contributed by atoms with Gasteiger partial charge in [-0.15, -0.1) is 0 Å². The molecule has 0 radical (unpaired) electrons. The molecule has 19 nitrogen and oxygen atoms in total. The smallest absolute Gasteiger partial charge is 0.303 e. The van der Waals surface area contributed by atoms with Crippen molar-refractivity contribution in [2.24, 2.45) is 0 Å². The Hall–Kier alpha value is -6.95. The molecule has 3 heterocycles. The van der Waals surface area contributed by atoms with E-state index in [9.17, 15) is 19.5 Å². The Morgan fingerprint density at radius 1 is 0.384 bits per heavy atom. The van der Waals surface area contributed by atoms with Crippen molar-refractivity contribution < 1.29 is 90.5 Å². The topological polar surface area (TPSA) is 210 Å². The van der Waals surface area contributed by atoms with Crippen LogP contribution in [0, 0.1) is 0 Å². The van der Waals surface area contributed by atoms with Crippen LogP contribution in [0.2, 0.25) is 0 Å². The average molecular weight is 1190 g/mol. The minimum atomic E-state index is -1.72. The molecule has 0 amide bonds. The van der Waals surface area contributed by atoms with Gasteiger partial charge in [-0.05, 0) is 52.4 Å². The van der Waals surface area contributed by atoms with Crippen molar-refractivity contribution in [2.75, 3.05) is 20.3 Å². The van der Waals surface area contributed by atoms with Crippen molar-refractivity contribution in [1.29, 1.82) is 0 Å². The van der Waals surface area contributed by atoms with Crippen LogP contribution in [0.3, 0.4) is 0 Å². The summed E-state index contributed by atoms with van der Waals surface area (Å²) >= 11 is 0. The van der Waals surface area contributed by atoms with Crippen LogP contribution in [0.4, 0.5) is 0 Å². The van der Waals surface area contributed by atoms with Gasteiger partial charge in [0.1, 0.15) is 54.6 Å². The normalized spacial score (nSPS) is 27.3. The summed E-state index contributed by atoms with van der Waals surface area (Å²) in [4.78, 5) is 39.4. The molecular weight excluding hydrogens is 1110 g/mol. The third-order valence-corrected chi connectivity index (χ3v) is 14.7. The molecule has 6 aromatic rings. The fraction of sp³-hybridized carbons (Fsp3) is 0.418. The van der Waals surface area contributed by atoms with Crippen LogP contribution in [0.1, 0.15) is 61.1 Å². The van der Waals surface area contributed by atoms with E-state index >= 15 is 0 Å². The van der Waals surface area contributed by atoms with Crippen LogP contribution in [0.25, 0.3) is 0 Å². The highest BCUT2D eigenvalue weighted by atomic mass is 16.8. The Balaban J connectivity index is 1.14. The van der Waals surface area contributed by atoms with Gasteiger partial charge in [0.25, 0.3) is 0 Å². The summed E-state index contributed by atoms with van der Waals surface area (Å²) in [7, 11) is 1.58. The lowest BCUT2D eigenvalue weighted by atomic mass is 9.95. The van der Waals surface area contributed by atoms with Gasteiger partial charge in [0, 0.05) is 20.8 Å². The number of esters is 3. The molecule has 0 aromatic heterocycles. The van der Waals surface area contributed by atoms with Crippen LogP contribution in [0.5, 0.6) is 5.75 Å². The summed E-state index contributed by atoms with van der Waals surface area (Å²) in [6.45, 7) is 5.51. The molecule has 0 unspecified atom stereocenters. The molecule has 19 heteroatoms. The molecule has 3 saturated heterocycles. The summed E-state index contributed by atoms with van der Waals surface area (Å²) < 4.78 is 98.2. The number of carbonyl (C=O) groups is 3. The van der Waals surface area contributed by atoms with E-state index in [-0.39, 0.29) is 52.9 Å². The fourth-order valence-electron chi connectivity index (χ4n) is 10.6.